The SMILES string of the molecule is O=C1COc2cc(S(=O)(=O)NC3CCCCC3)c(Cl)cc2N1Cc1noc(C2CC2)n1. The van der Waals surface area contributed by atoms with Crippen LogP contribution in [-0.2, 0) is 21.4 Å². The first-order valence-corrected chi connectivity index (χ1v) is 12.4. The van der Waals surface area contributed by atoms with Crippen molar-refractivity contribution in [2.75, 3.05) is 11.5 Å². The van der Waals surface area contributed by atoms with E-state index in [-0.39, 0.29) is 40.8 Å². The highest BCUT2D eigenvalue weighted by atomic mass is 35.5. The zero-order chi connectivity index (χ0) is 21.6. The summed E-state index contributed by atoms with van der Waals surface area (Å²) < 4.78 is 39.5. The number of carbonyl (C=O) groups is 1. The fourth-order valence-electron chi connectivity index (χ4n) is 4.05. The second-order valence-electron chi connectivity index (χ2n) is 8.30. The number of hydrogen-bond donors (Lipinski definition) is 1. The Morgan fingerprint density at radius 3 is 2.68 bits per heavy atom. The molecule has 3 aliphatic rings. The Kier molecular flexibility index (Phi) is 5.39. The topological polar surface area (TPSA) is 115 Å². The number of fused-ring (bicyclic) bond motifs is 1. The van der Waals surface area contributed by atoms with E-state index in [0.29, 0.717) is 23.3 Å². The molecule has 31 heavy (non-hydrogen) atoms. The van der Waals surface area contributed by atoms with Crippen molar-refractivity contribution in [1.82, 2.24) is 14.9 Å². The molecule has 0 saturated heterocycles. The largest absolute Gasteiger partial charge is 0.482 e. The second kappa shape index (κ2) is 8.07. The normalized spacial score (nSPS) is 19.9. The number of amides is 1. The first-order valence-electron chi connectivity index (χ1n) is 10.5. The van der Waals surface area contributed by atoms with Crippen molar-refractivity contribution in [1.29, 1.82) is 0 Å². The number of nitrogens with one attached hydrogen (secondary N) is 1. The molecule has 2 saturated carbocycles. The van der Waals surface area contributed by atoms with Crippen LogP contribution in [0.1, 0.15) is 62.6 Å². The van der Waals surface area contributed by atoms with Gasteiger partial charge in [-0.15, -0.1) is 0 Å². The van der Waals surface area contributed by atoms with Gasteiger partial charge in [-0.3, -0.25) is 9.69 Å². The molecule has 0 atom stereocenters. The summed E-state index contributed by atoms with van der Waals surface area (Å²) in [5, 5.41) is 3.99. The van der Waals surface area contributed by atoms with Gasteiger partial charge >= 0.3 is 0 Å². The van der Waals surface area contributed by atoms with Crippen LogP contribution in [0.5, 0.6) is 5.75 Å². The Morgan fingerprint density at radius 1 is 1.16 bits per heavy atom. The highest BCUT2D eigenvalue weighted by Crippen LogP contribution is 2.41. The van der Waals surface area contributed by atoms with Gasteiger partial charge in [0.15, 0.2) is 12.4 Å². The molecule has 9 nitrogen and oxygen atoms in total. The number of hydrogen-bond acceptors (Lipinski definition) is 7. The summed E-state index contributed by atoms with van der Waals surface area (Å²) in [6, 6.07) is 2.74. The first kappa shape index (κ1) is 20.7. The summed E-state index contributed by atoms with van der Waals surface area (Å²) in [4.78, 5) is 18.3. The Labute approximate surface area is 185 Å². The molecular formula is C20H23ClN4O5S. The molecule has 0 spiro atoms. The van der Waals surface area contributed by atoms with Crippen LogP contribution in [0.2, 0.25) is 5.02 Å². The van der Waals surface area contributed by atoms with Crippen LogP contribution in [-0.4, -0.2) is 37.1 Å². The van der Waals surface area contributed by atoms with E-state index in [2.05, 4.69) is 14.9 Å². The lowest BCUT2D eigenvalue weighted by Crippen LogP contribution is -2.39. The van der Waals surface area contributed by atoms with Crippen molar-refractivity contribution in [3.05, 3.63) is 28.9 Å². The Bertz CT molecular complexity index is 1110. The first-order chi connectivity index (χ1) is 14.9. The molecule has 0 radical (unpaired) electrons. The Balaban J connectivity index is 1.41. The predicted molar refractivity (Wildman–Crippen MR) is 112 cm³/mol. The molecule has 1 aromatic heterocycles. The summed E-state index contributed by atoms with van der Waals surface area (Å²) in [5.74, 6) is 1.27. The van der Waals surface area contributed by atoms with E-state index in [9.17, 15) is 13.2 Å². The van der Waals surface area contributed by atoms with Gasteiger partial charge in [0.1, 0.15) is 10.6 Å². The molecule has 5 rings (SSSR count). The van der Waals surface area contributed by atoms with Gasteiger partial charge in [-0.2, -0.15) is 4.98 Å². The van der Waals surface area contributed by atoms with Gasteiger partial charge < -0.3 is 9.26 Å². The standard InChI is InChI=1S/C20H23ClN4O5S/c21-14-8-15-16(9-17(14)31(27,28)24-13-4-2-1-3-5-13)29-11-19(26)25(15)10-18-22-20(30-23-18)12-6-7-12/h8-9,12-13,24H,1-7,10-11H2. The van der Waals surface area contributed by atoms with E-state index in [1.165, 1.54) is 17.0 Å². The number of nitrogens with zero attached hydrogens (tertiary/aromatic N) is 3. The smallest absolute Gasteiger partial charge is 0.265 e. The zero-order valence-corrected chi connectivity index (χ0v) is 18.4. The predicted octanol–water partition coefficient (Wildman–Crippen LogP) is 3.14. The van der Waals surface area contributed by atoms with Crippen LogP contribution in [0.25, 0.3) is 0 Å². The number of aromatic nitrogens is 2. The van der Waals surface area contributed by atoms with Gasteiger partial charge in [0.05, 0.1) is 17.3 Å². The minimum absolute atomic E-state index is 0.0251. The van der Waals surface area contributed by atoms with Gasteiger partial charge in [0.2, 0.25) is 15.9 Å². The van der Waals surface area contributed by atoms with Crippen molar-refractivity contribution in [2.45, 2.75) is 68.3 Å². The maximum atomic E-state index is 13.0. The number of rotatable bonds is 6. The number of sulfonamides is 1. The van der Waals surface area contributed by atoms with Crippen molar-refractivity contribution < 1.29 is 22.5 Å². The van der Waals surface area contributed by atoms with Crippen LogP contribution in [0, 0.1) is 0 Å². The fourth-order valence-corrected chi connectivity index (χ4v) is 5.90. The van der Waals surface area contributed by atoms with Gasteiger partial charge in [0, 0.05) is 18.0 Å². The molecule has 0 bridgehead atoms. The summed E-state index contributed by atoms with van der Waals surface area (Å²) in [5.41, 5.74) is 0.385. The lowest BCUT2D eigenvalue weighted by Gasteiger charge is -2.29. The minimum atomic E-state index is -3.82. The molecule has 11 heteroatoms. The van der Waals surface area contributed by atoms with E-state index in [1.54, 1.807) is 0 Å². The molecule has 1 aromatic carbocycles. The third-order valence-electron chi connectivity index (χ3n) is 5.88. The molecule has 2 aliphatic carbocycles. The molecule has 1 amide bonds. The van der Waals surface area contributed by atoms with E-state index >= 15 is 0 Å². The molecule has 0 unspecified atom stereocenters. The zero-order valence-electron chi connectivity index (χ0n) is 16.8. The quantitative estimate of drug-likeness (QED) is 0.695. The number of ether oxygens (including phenoxy) is 1. The molecule has 2 heterocycles. The summed E-state index contributed by atoms with van der Waals surface area (Å²) in [6.45, 7) is -0.119. The molecule has 166 valence electrons. The van der Waals surface area contributed by atoms with Crippen LogP contribution >= 0.6 is 11.6 Å². The minimum Gasteiger partial charge on any atom is -0.482 e. The van der Waals surface area contributed by atoms with Gasteiger partial charge in [-0.25, -0.2) is 13.1 Å². The molecule has 1 aliphatic heterocycles. The third-order valence-corrected chi connectivity index (χ3v) is 7.87. The van der Waals surface area contributed by atoms with Gasteiger partial charge in [-0.1, -0.05) is 36.0 Å². The van der Waals surface area contributed by atoms with Crippen molar-refractivity contribution in [3.8, 4) is 5.75 Å². The molecule has 1 N–H and O–H groups in total. The summed E-state index contributed by atoms with van der Waals surface area (Å²) in [6.07, 6.45) is 6.82. The Morgan fingerprint density at radius 2 is 1.94 bits per heavy atom. The van der Waals surface area contributed by atoms with E-state index in [1.807, 2.05) is 0 Å². The highest BCUT2D eigenvalue weighted by molar-refractivity contribution is 7.89. The van der Waals surface area contributed by atoms with E-state index in [0.717, 1.165) is 44.9 Å². The van der Waals surface area contributed by atoms with Crippen molar-refractivity contribution in [3.63, 3.8) is 0 Å². The number of benzene rings is 1. The second-order valence-corrected chi connectivity index (χ2v) is 10.4. The molecule has 2 aromatic rings. The summed E-state index contributed by atoms with van der Waals surface area (Å²) in [7, 11) is -3.82. The molecule has 2 fully saturated rings. The average Bonchev–Trinajstić information content (AvgIpc) is 3.49. The van der Waals surface area contributed by atoms with Crippen LogP contribution in [0.15, 0.2) is 21.6 Å². The number of carbonyl (C=O) groups excluding carboxylic acids is 1. The van der Waals surface area contributed by atoms with Crippen LogP contribution in [0.3, 0.4) is 0 Å². The third kappa shape index (κ3) is 4.28. The highest BCUT2D eigenvalue weighted by Gasteiger charge is 2.33. The van der Waals surface area contributed by atoms with E-state index < -0.39 is 10.0 Å². The van der Waals surface area contributed by atoms with E-state index in [4.69, 9.17) is 20.9 Å². The summed E-state index contributed by atoms with van der Waals surface area (Å²) >= 11 is 6.37. The maximum Gasteiger partial charge on any atom is 0.265 e. The maximum absolute atomic E-state index is 13.0. The van der Waals surface area contributed by atoms with Crippen molar-refractivity contribution in [2.24, 2.45) is 0 Å². The number of anilines is 1. The average molecular weight is 467 g/mol. The van der Waals surface area contributed by atoms with Crippen molar-refractivity contribution >= 4 is 33.2 Å². The van der Waals surface area contributed by atoms with Crippen LogP contribution < -0.4 is 14.4 Å². The lowest BCUT2D eigenvalue weighted by molar-refractivity contribution is -0.121. The number of halogens is 1. The monoisotopic (exact) mass is 466 g/mol. The Hall–Kier alpha value is -2.17. The van der Waals surface area contributed by atoms with Crippen LogP contribution in [0.4, 0.5) is 5.69 Å². The van der Waals surface area contributed by atoms with Gasteiger partial charge in [0.25, 0.3) is 5.91 Å². The fraction of sp³-hybridized carbons (Fsp3) is 0.550. The molecular weight excluding hydrogens is 444 g/mol. The van der Waals surface area contributed by atoms with Gasteiger partial charge in [-0.05, 0) is 31.7 Å². The lowest BCUT2D eigenvalue weighted by atomic mass is 9.96.